The quantitative estimate of drug-likeness (QED) is 0.807. The second-order valence-electron chi connectivity index (χ2n) is 4.30. The zero-order valence-electron chi connectivity index (χ0n) is 11.5. The van der Waals surface area contributed by atoms with E-state index >= 15 is 0 Å². The number of nitrogens with zero attached hydrogens (tertiary/aromatic N) is 1. The fraction of sp³-hybridized carbons (Fsp3) is 0.462. The molecule has 0 aromatic heterocycles. The van der Waals surface area contributed by atoms with E-state index in [4.69, 9.17) is 5.11 Å². The molecule has 0 spiro atoms. The molecule has 0 saturated carbocycles. The van der Waals surface area contributed by atoms with Gasteiger partial charge in [-0.15, -0.1) is 0 Å². The van der Waals surface area contributed by atoms with Gasteiger partial charge in [-0.05, 0) is 40.5 Å². The molecule has 1 rings (SSSR count). The van der Waals surface area contributed by atoms with Crippen LogP contribution in [-0.4, -0.2) is 36.9 Å². The molecule has 0 saturated heterocycles. The number of hydrogen-bond acceptors (Lipinski definition) is 3. The van der Waals surface area contributed by atoms with Gasteiger partial charge in [0.25, 0.3) is 0 Å². The van der Waals surface area contributed by atoms with Gasteiger partial charge in [-0.25, -0.2) is 13.2 Å². The number of halogens is 1. The first-order chi connectivity index (χ1) is 9.34. The molecule has 1 aromatic rings. The van der Waals surface area contributed by atoms with E-state index in [1.165, 1.54) is 22.5 Å². The molecule has 0 amide bonds. The Morgan fingerprint density at radius 1 is 1.35 bits per heavy atom. The van der Waals surface area contributed by atoms with Crippen LogP contribution in [-0.2, 0) is 10.0 Å². The van der Waals surface area contributed by atoms with Crippen LogP contribution in [0.5, 0.6) is 0 Å². The molecular formula is C13H18BrNO4S. The fourth-order valence-corrected chi connectivity index (χ4v) is 4.19. The number of sulfonamides is 1. The van der Waals surface area contributed by atoms with Crippen molar-refractivity contribution < 1.29 is 18.3 Å². The summed E-state index contributed by atoms with van der Waals surface area (Å²) in [7, 11) is -3.69. The number of aromatic carboxylic acids is 1. The van der Waals surface area contributed by atoms with E-state index < -0.39 is 16.0 Å². The van der Waals surface area contributed by atoms with Crippen LogP contribution in [0, 0.1) is 0 Å². The van der Waals surface area contributed by atoms with E-state index in [2.05, 4.69) is 15.9 Å². The van der Waals surface area contributed by atoms with E-state index in [0.717, 1.165) is 12.8 Å². The molecule has 1 aromatic carbocycles. The van der Waals surface area contributed by atoms with Crippen LogP contribution in [0.25, 0.3) is 0 Å². The Balaban J connectivity index is 3.26. The van der Waals surface area contributed by atoms with E-state index in [1.807, 2.05) is 6.92 Å². The molecule has 0 radical (unpaired) electrons. The first-order valence-electron chi connectivity index (χ1n) is 6.37. The van der Waals surface area contributed by atoms with Crippen LogP contribution in [0.4, 0.5) is 0 Å². The summed E-state index contributed by atoms with van der Waals surface area (Å²) in [5.41, 5.74) is -0.0432. The smallest absolute Gasteiger partial charge is 0.335 e. The molecule has 0 unspecified atom stereocenters. The molecular weight excluding hydrogens is 346 g/mol. The highest BCUT2D eigenvalue weighted by Gasteiger charge is 2.26. The summed E-state index contributed by atoms with van der Waals surface area (Å²) < 4.78 is 26.9. The molecule has 20 heavy (non-hydrogen) atoms. The molecule has 0 bridgehead atoms. The van der Waals surface area contributed by atoms with Crippen LogP contribution >= 0.6 is 15.9 Å². The monoisotopic (exact) mass is 363 g/mol. The van der Waals surface area contributed by atoms with Crippen LogP contribution < -0.4 is 0 Å². The van der Waals surface area contributed by atoms with E-state index in [9.17, 15) is 13.2 Å². The maximum atomic E-state index is 12.6. The van der Waals surface area contributed by atoms with E-state index in [-0.39, 0.29) is 10.5 Å². The molecule has 0 aliphatic carbocycles. The number of rotatable bonds is 7. The highest BCUT2D eigenvalue weighted by Crippen LogP contribution is 2.26. The first kappa shape index (κ1) is 17.1. The molecule has 112 valence electrons. The standard InChI is InChI=1S/C13H18BrNO4S/c1-3-5-8-15(4-2)20(18,19)12-9-10(13(16)17)6-7-11(12)14/h6-7,9H,3-5,8H2,1-2H3,(H,16,17). The summed E-state index contributed by atoms with van der Waals surface area (Å²) in [5.74, 6) is -1.15. The zero-order valence-corrected chi connectivity index (χ0v) is 13.9. The van der Waals surface area contributed by atoms with Gasteiger partial charge in [0, 0.05) is 17.6 Å². The third kappa shape index (κ3) is 3.80. The van der Waals surface area contributed by atoms with Crippen LogP contribution in [0.2, 0.25) is 0 Å². The highest BCUT2D eigenvalue weighted by atomic mass is 79.9. The maximum Gasteiger partial charge on any atom is 0.335 e. The number of carboxylic acids is 1. The summed E-state index contributed by atoms with van der Waals surface area (Å²) in [4.78, 5) is 11.0. The predicted octanol–water partition coefficient (Wildman–Crippen LogP) is 2.96. The normalized spacial score (nSPS) is 11.8. The lowest BCUT2D eigenvalue weighted by molar-refractivity contribution is 0.0696. The summed E-state index contributed by atoms with van der Waals surface area (Å²) in [5, 5.41) is 8.98. The lowest BCUT2D eigenvalue weighted by atomic mass is 10.2. The SMILES string of the molecule is CCCCN(CC)S(=O)(=O)c1cc(C(=O)O)ccc1Br. The molecule has 5 nitrogen and oxygen atoms in total. The van der Waals surface area contributed by atoms with Gasteiger partial charge in [-0.3, -0.25) is 0 Å². The minimum atomic E-state index is -3.69. The Morgan fingerprint density at radius 3 is 2.50 bits per heavy atom. The second-order valence-corrected chi connectivity index (χ2v) is 7.06. The van der Waals surface area contributed by atoms with E-state index in [0.29, 0.717) is 17.6 Å². The summed E-state index contributed by atoms with van der Waals surface area (Å²) in [6, 6.07) is 4.01. The van der Waals surface area contributed by atoms with Gasteiger partial charge in [-0.1, -0.05) is 20.3 Å². The van der Waals surface area contributed by atoms with Crippen molar-refractivity contribution in [3.05, 3.63) is 28.2 Å². The third-order valence-corrected chi connectivity index (χ3v) is 5.88. The minimum absolute atomic E-state index is 0.00430. The van der Waals surface area contributed by atoms with Gasteiger partial charge in [-0.2, -0.15) is 4.31 Å². The Hall–Kier alpha value is -0.920. The number of carbonyl (C=O) groups is 1. The molecule has 0 atom stereocenters. The predicted molar refractivity (Wildman–Crippen MR) is 80.4 cm³/mol. The topological polar surface area (TPSA) is 74.7 Å². The summed E-state index contributed by atoms with van der Waals surface area (Å²) in [6.45, 7) is 4.54. The van der Waals surface area contributed by atoms with Crippen molar-refractivity contribution in [2.24, 2.45) is 0 Å². The first-order valence-corrected chi connectivity index (χ1v) is 8.60. The number of carboxylic acid groups (broad SMARTS) is 1. The van der Waals surface area contributed by atoms with Crippen LogP contribution in [0.15, 0.2) is 27.6 Å². The average Bonchev–Trinajstić information content (AvgIpc) is 2.39. The lowest BCUT2D eigenvalue weighted by Crippen LogP contribution is -2.32. The van der Waals surface area contributed by atoms with Crippen molar-refractivity contribution >= 4 is 31.9 Å². The molecule has 0 fully saturated rings. The van der Waals surface area contributed by atoms with Crippen molar-refractivity contribution in [1.82, 2.24) is 4.31 Å². The molecule has 7 heteroatoms. The van der Waals surface area contributed by atoms with Crippen molar-refractivity contribution in [3.8, 4) is 0 Å². The Bertz CT molecular complexity index is 586. The van der Waals surface area contributed by atoms with Gasteiger partial charge in [0.15, 0.2) is 0 Å². The minimum Gasteiger partial charge on any atom is -0.478 e. The van der Waals surface area contributed by atoms with Crippen molar-refractivity contribution in [2.75, 3.05) is 13.1 Å². The average molecular weight is 364 g/mol. The molecule has 1 N–H and O–H groups in total. The van der Waals surface area contributed by atoms with Crippen LogP contribution in [0.3, 0.4) is 0 Å². The second kappa shape index (κ2) is 7.19. The Kier molecular flexibility index (Phi) is 6.16. The number of hydrogen-bond donors (Lipinski definition) is 1. The van der Waals surface area contributed by atoms with Crippen molar-refractivity contribution in [3.63, 3.8) is 0 Å². The number of benzene rings is 1. The molecule has 0 heterocycles. The van der Waals surface area contributed by atoms with Gasteiger partial charge in [0.2, 0.25) is 10.0 Å². The molecule has 0 aliphatic heterocycles. The van der Waals surface area contributed by atoms with Gasteiger partial charge in [0.1, 0.15) is 0 Å². The van der Waals surface area contributed by atoms with Crippen LogP contribution in [0.1, 0.15) is 37.0 Å². The van der Waals surface area contributed by atoms with Crippen molar-refractivity contribution in [2.45, 2.75) is 31.6 Å². The molecule has 0 aliphatic rings. The highest BCUT2D eigenvalue weighted by molar-refractivity contribution is 9.10. The van der Waals surface area contributed by atoms with Gasteiger partial charge >= 0.3 is 5.97 Å². The summed E-state index contributed by atoms with van der Waals surface area (Å²) in [6.07, 6.45) is 1.66. The zero-order chi connectivity index (χ0) is 15.3. The fourth-order valence-electron chi connectivity index (χ4n) is 1.76. The lowest BCUT2D eigenvalue weighted by Gasteiger charge is -2.21. The summed E-state index contributed by atoms with van der Waals surface area (Å²) >= 11 is 3.18. The van der Waals surface area contributed by atoms with E-state index in [1.54, 1.807) is 6.92 Å². The Morgan fingerprint density at radius 2 is 2.00 bits per heavy atom. The Labute approximate surface area is 127 Å². The van der Waals surface area contributed by atoms with Crippen molar-refractivity contribution in [1.29, 1.82) is 0 Å². The third-order valence-electron chi connectivity index (χ3n) is 2.91. The maximum absolute atomic E-state index is 12.6. The number of unbranched alkanes of at least 4 members (excludes halogenated alkanes) is 1. The largest absolute Gasteiger partial charge is 0.478 e. The van der Waals surface area contributed by atoms with Gasteiger partial charge in [0.05, 0.1) is 10.5 Å². The van der Waals surface area contributed by atoms with Gasteiger partial charge < -0.3 is 5.11 Å².